The van der Waals surface area contributed by atoms with Crippen molar-refractivity contribution in [1.82, 2.24) is 10.2 Å². The van der Waals surface area contributed by atoms with Crippen molar-refractivity contribution in [3.05, 3.63) is 29.8 Å². The highest BCUT2D eigenvalue weighted by atomic mass is 16.5. The number of rotatable bonds is 5. The lowest BCUT2D eigenvalue weighted by molar-refractivity contribution is 0.0738. The molecule has 0 radical (unpaired) electrons. The average Bonchev–Trinajstić information content (AvgIpc) is 2.54. The molecule has 1 aromatic rings. The van der Waals surface area contributed by atoms with Crippen LogP contribution in [0, 0.1) is 5.92 Å². The molecule has 2 N–H and O–H groups in total. The van der Waals surface area contributed by atoms with Crippen molar-refractivity contribution >= 4 is 6.03 Å². The third kappa shape index (κ3) is 4.37. The zero-order chi connectivity index (χ0) is 15.9. The van der Waals surface area contributed by atoms with Gasteiger partial charge in [0.05, 0.1) is 12.7 Å². The molecule has 1 aliphatic heterocycles. The number of nitrogens with one attached hydrogen (secondary N) is 1. The molecule has 22 heavy (non-hydrogen) atoms. The number of likely N-dealkylation sites (tertiary alicyclic amines) is 1. The van der Waals surface area contributed by atoms with Gasteiger partial charge in [-0.3, -0.25) is 0 Å². The van der Waals surface area contributed by atoms with Gasteiger partial charge in [0.25, 0.3) is 0 Å². The zero-order valence-corrected chi connectivity index (χ0v) is 13.4. The van der Waals surface area contributed by atoms with Crippen LogP contribution in [0.5, 0.6) is 5.75 Å². The number of nitrogens with zero attached hydrogens (tertiary/aromatic N) is 1. The normalized spacial score (nSPS) is 19.6. The molecule has 5 heteroatoms. The fourth-order valence-electron chi connectivity index (χ4n) is 2.82. The molecule has 2 unspecified atom stereocenters. The molecule has 0 aliphatic carbocycles. The monoisotopic (exact) mass is 306 g/mol. The van der Waals surface area contributed by atoms with E-state index in [9.17, 15) is 9.90 Å². The summed E-state index contributed by atoms with van der Waals surface area (Å²) in [6.45, 7) is 6.17. The number of aliphatic hydroxyl groups is 1. The third-order valence-corrected chi connectivity index (χ3v) is 4.13. The Kier molecular flexibility index (Phi) is 6.07. The third-order valence-electron chi connectivity index (χ3n) is 4.13. The summed E-state index contributed by atoms with van der Waals surface area (Å²) in [4.78, 5) is 14.1. The number of hydrogen-bond acceptors (Lipinski definition) is 3. The lowest BCUT2D eigenvalue weighted by Gasteiger charge is -2.34. The lowest BCUT2D eigenvalue weighted by Crippen LogP contribution is -2.47. The zero-order valence-electron chi connectivity index (χ0n) is 13.4. The second kappa shape index (κ2) is 8.03. The van der Waals surface area contributed by atoms with E-state index in [4.69, 9.17) is 4.74 Å². The Hall–Kier alpha value is -1.75. The minimum absolute atomic E-state index is 0.0725. The van der Waals surface area contributed by atoms with Gasteiger partial charge in [-0.15, -0.1) is 0 Å². The number of aliphatic hydroxyl groups excluding tert-OH is 1. The van der Waals surface area contributed by atoms with Crippen molar-refractivity contribution in [1.29, 1.82) is 0 Å². The Morgan fingerprint density at radius 1 is 1.50 bits per heavy atom. The molecule has 122 valence electrons. The first-order chi connectivity index (χ1) is 10.6. The van der Waals surface area contributed by atoms with Crippen LogP contribution < -0.4 is 10.1 Å². The van der Waals surface area contributed by atoms with E-state index in [0.29, 0.717) is 19.7 Å². The topological polar surface area (TPSA) is 61.8 Å². The van der Waals surface area contributed by atoms with Crippen LogP contribution in [0.2, 0.25) is 0 Å². The molecule has 2 amide bonds. The number of ether oxygens (including phenoxy) is 1. The van der Waals surface area contributed by atoms with Crippen molar-refractivity contribution in [3.63, 3.8) is 0 Å². The number of carbonyl (C=O) groups is 1. The van der Waals surface area contributed by atoms with Crippen molar-refractivity contribution in [2.24, 2.45) is 5.92 Å². The van der Waals surface area contributed by atoms with Crippen LogP contribution in [0.25, 0.3) is 0 Å². The SMILES string of the molecule is CCOc1ccccc1CNC(=O)N1CCCC(C(C)O)C1. The Labute approximate surface area is 132 Å². The van der Waals surface area contributed by atoms with Gasteiger partial charge in [-0.25, -0.2) is 4.79 Å². The summed E-state index contributed by atoms with van der Waals surface area (Å²) in [6, 6.07) is 7.66. The largest absolute Gasteiger partial charge is 0.494 e. The molecular weight excluding hydrogens is 280 g/mol. The second-order valence-corrected chi connectivity index (χ2v) is 5.79. The summed E-state index contributed by atoms with van der Waals surface area (Å²) in [5, 5.41) is 12.7. The van der Waals surface area contributed by atoms with E-state index in [1.54, 1.807) is 11.8 Å². The van der Waals surface area contributed by atoms with E-state index < -0.39 is 0 Å². The fraction of sp³-hybridized carbons (Fsp3) is 0.588. The van der Waals surface area contributed by atoms with E-state index in [1.807, 2.05) is 31.2 Å². The van der Waals surface area contributed by atoms with E-state index >= 15 is 0 Å². The average molecular weight is 306 g/mol. The molecule has 1 saturated heterocycles. The second-order valence-electron chi connectivity index (χ2n) is 5.79. The molecule has 1 heterocycles. The maximum atomic E-state index is 12.3. The standard InChI is InChI=1S/C17H26N2O3/c1-3-22-16-9-5-4-7-14(16)11-18-17(21)19-10-6-8-15(12-19)13(2)20/h4-5,7,9,13,15,20H,3,6,8,10-12H2,1-2H3,(H,18,21). The maximum absolute atomic E-state index is 12.3. The van der Waals surface area contributed by atoms with E-state index in [1.165, 1.54) is 0 Å². The predicted molar refractivity (Wildman–Crippen MR) is 85.8 cm³/mol. The molecule has 0 saturated carbocycles. The highest BCUT2D eigenvalue weighted by Crippen LogP contribution is 2.20. The van der Waals surface area contributed by atoms with Gasteiger partial charge in [-0.2, -0.15) is 0 Å². The smallest absolute Gasteiger partial charge is 0.317 e. The van der Waals surface area contributed by atoms with E-state index in [-0.39, 0.29) is 18.1 Å². The Bertz CT molecular complexity index is 491. The highest BCUT2D eigenvalue weighted by Gasteiger charge is 2.26. The Morgan fingerprint density at radius 3 is 3.00 bits per heavy atom. The van der Waals surface area contributed by atoms with E-state index in [0.717, 1.165) is 30.7 Å². The van der Waals surface area contributed by atoms with Gasteiger partial charge >= 0.3 is 6.03 Å². The summed E-state index contributed by atoms with van der Waals surface area (Å²) in [6.07, 6.45) is 1.56. The molecule has 5 nitrogen and oxygen atoms in total. The van der Waals surface area contributed by atoms with Gasteiger partial charge in [0.15, 0.2) is 0 Å². The Morgan fingerprint density at radius 2 is 2.27 bits per heavy atom. The number of piperidine rings is 1. The number of carbonyl (C=O) groups excluding carboxylic acids is 1. The predicted octanol–water partition coefficient (Wildman–Crippen LogP) is 2.39. The highest BCUT2D eigenvalue weighted by molar-refractivity contribution is 5.74. The van der Waals surface area contributed by atoms with Crippen molar-refractivity contribution in [3.8, 4) is 5.75 Å². The number of amides is 2. The maximum Gasteiger partial charge on any atom is 0.317 e. The minimum atomic E-state index is -0.366. The molecule has 2 rings (SSSR count). The molecule has 0 aromatic heterocycles. The molecule has 1 aliphatic rings. The molecule has 1 aromatic carbocycles. The van der Waals surface area contributed by atoms with Crippen LogP contribution in [0.3, 0.4) is 0 Å². The van der Waals surface area contributed by atoms with Gasteiger partial charge in [0.2, 0.25) is 0 Å². The van der Waals surface area contributed by atoms with Gasteiger partial charge in [-0.1, -0.05) is 18.2 Å². The summed E-state index contributed by atoms with van der Waals surface area (Å²) >= 11 is 0. The van der Waals surface area contributed by atoms with Crippen LogP contribution in [0.1, 0.15) is 32.3 Å². The van der Waals surface area contributed by atoms with Crippen molar-refractivity contribution < 1.29 is 14.6 Å². The van der Waals surface area contributed by atoms with Gasteiger partial charge in [-0.05, 0) is 32.8 Å². The Balaban J connectivity index is 1.90. The van der Waals surface area contributed by atoms with Gasteiger partial charge in [0, 0.05) is 31.1 Å². The van der Waals surface area contributed by atoms with Crippen molar-refractivity contribution in [2.75, 3.05) is 19.7 Å². The molecule has 0 spiro atoms. The van der Waals surface area contributed by atoms with E-state index in [2.05, 4.69) is 5.32 Å². The number of para-hydroxylation sites is 1. The fourth-order valence-corrected chi connectivity index (χ4v) is 2.82. The first-order valence-electron chi connectivity index (χ1n) is 8.03. The molecular formula is C17H26N2O3. The number of urea groups is 1. The van der Waals surface area contributed by atoms with Crippen LogP contribution in [-0.2, 0) is 6.54 Å². The van der Waals surface area contributed by atoms with Crippen LogP contribution in [0.15, 0.2) is 24.3 Å². The number of benzene rings is 1. The van der Waals surface area contributed by atoms with Gasteiger partial charge < -0.3 is 20.1 Å². The first-order valence-corrected chi connectivity index (χ1v) is 8.03. The molecule has 1 fully saturated rings. The van der Waals surface area contributed by atoms with Crippen LogP contribution >= 0.6 is 0 Å². The van der Waals surface area contributed by atoms with Crippen LogP contribution in [0.4, 0.5) is 4.79 Å². The first kappa shape index (κ1) is 16.6. The summed E-state index contributed by atoms with van der Waals surface area (Å²) < 4.78 is 5.57. The van der Waals surface area contributed by atoms with Crippen LogP contribution in [-0.4, -0.2) is 41.8 Å². The molecule has 2 atom stereocenters. The summed E-state index contributed by atoms with van der Waals surface area (Å²) in [5.41, 5.74) is 0.974. The summed E-state index contributed by atoms with van der Waals surface area (Å²) in [7, 11) is 0. The summed E-state index contributed by atoms with van der Waals surface area (Å²) in [5.74, 6) is 0.987. The number of hydrogen-bond donors (Lipinski definition) is 2. The molecule has 0 bridgehead atoms. The van der Waals surface area contributed by atoms with Crippen molar-refractivity contribution in [2.45, 2.75) is 39.3 Å². The minimum Gasteiger partial charge on any atom is -0.494 e. The lowest BCUT2D eigenvalue weighted by atomic mass is 9.94. The van der Waals surface area contributed by atoms with Gasteiger partial charge in [0.1, 0.15) is 5.75 Å². The quantitative estimate of drug-likeness (QED) is 0.878.